The number of hydrogen-bond donors (Lipinski definition) is 3. The number of amidine groups is 1. The molecule has 0 aliphatic rings. The number of benzene rings is 2. The molecule has 152 valence electrons. The molecule has 0 amide bonds. The average molecular weight is 397 g/mol. The molecule has 2 aromatic carbocycles. The molecular weight excluding hydrogens is 372 g/mol. The van der Waals surface area contributed by atoms with Crippen molar-refractivity contribution in [2.75, 3.05) is 7.05 Å². The first-order valence-corrected chi connectivity index (χ1v) is 9.05. The summed E-state index contributed by atoms with van der Waals surface area (Å²) in [4.78, 5) is 4.53. The minimum Gasteiger partial charge on any atom is -0.382 e. The third-order valence-corrected chi connectivity index (χ3v) is 4.40. The zero-order chi connectivity index (χ0) is 21.4. The van der Waals surface area contributed by atoms with Crippen molar-refractivity contribution >= 4 is 17.6 Å². The molecule has 0 radical (unpaired) electrons. The van der Waals surface area contributed by atoms with E-state index in [4.69, 9.17) is 11.6 Å². The highest BCUT2D eigenvalue weighted by Crippen LogP contribution is 2.26. The van der Waals surface area contributed by atoms with Gasteiger partial charge in [-0.05, 0) is 49.7 Å². The Morgan fingerprint density at radius 3 is 2.38 bits per heavy atom. The van der Waals surface area contributed by atoms with E-state index in [2.05, 4.69) is 22.0 Å². The molecular formula is C22H25F2N5. The third-order valence-electron chi connectivity index (χ3n) is 4.40. The van der Waals surface area contributed by atoms with Gasteiger partial charge in [0.15, 0.2) is 0 Å². The Bertz CT molecular complexity index is 943. The van der Waals surface area contributed by atoms with Crippen molar-refractivity contribution in [1.82, 2.24) is 5.32 Å². The molecule has 29 heavy (non-hydrogen) atoms. The monoisotopic (exact) mass is 397 g/mol. The first kappa shape index (κ1) is 22.0. The molecule has 0 aliphatic heterocycles. The van der Waals surface area contributed by atoms with E-state index in [1.807, 2.05) is 18.2 Å². The molecule has 0 aliphatic carbocycles. The number of nitrogens with two attached hydrogens (primary N) is 2. The second kappa shape index (κ2) is 10.3. The minimum absolute atomic E-state index is 0.205. The molecule has 5 N–H and O–H groups in total. The summed E-state index contributed by atoms with van der Waals surface area (Å²) in [5.74, 6) is 4.26. The Kier molecular flexibility index (Phi) is 7.79. The maximum Gasteiger partial charge on any atom is 0.150 e. The number of aliphatic imine (C=N–C) groups is 1. The molecule has 7 heteroatoms. The fraction of sp³-hybridized carbons (Fsp3) is 0.182. The molecule has 0 saturated heterocycles. The van der Waals surface area contributed by atoms with E-state index in [0.29, 0.717) is 23.2 Å². The second-order valence-electron chi connectivity index (χ2n) is 6.31. The van der Waals surface area contributed by atoms with Crippen LogP contribution in [0, 0.1) is 11.6 Å². The number of rotatable bonds is 8. The van der Waals surface area contributed by atoms with E-state index in [-0.39, 0.29) is 11.9 Å². The Labute approximate surface area is 169 Å². The number of allylic oxidation sites excluding steroid dienone is 2. The van der Waals surface area contributed by atoms with Crippen LogP contribution < -0.4 is 16.9 Å². The van der Waals surface area contributed by atoms with Crippen LogP contribution in [0.15, 0.2) is 70.9 Å². The first-order valence-electron chi connectivity index (χ1n) is 9.05. The highest BCUT2D eigenvalue weighted by atomic mass is 19.1. The topological polar surface area (TPSA) is 88.8 Å². The summed E-state index contributed by atoms with van der Waals surface area (Å²) in [6.45, 7) is 5.72. The molecule has 1 unspecified atom stereocenters. The fourth-order valence-electron chi connectivity index (χ4n) is 3.08. The standard InChI is InChI=1S/C22H25F2N5/c1-4-19(15-7-6-8-16(12-15)22(25)29-26)21(28-5-2)20(27-3)11-14-9-17(23)13-18(24)10-14/h4-10,12-13,20,27H,1,11,26H2,2-3H3,(H2,25,29)/b21-19+,28-5?. The SMILES string of the molecule is C=C/C(=C(\N=CC)C(Cc1cc(F)cc(F)c1)NC)c1cccc(/C(N)=N/N)c1. The average Bonchev–Trinajstić information content (AvgIpc) is 2.71. The van der Waals surface area contributed by atoms with Crippen molar-refractivity contribution in [3.8, 4) is 0 Å². The van der Waals surface area contributed by atoms with Gasteiger partial charge in [0.1, 0.15) is 17.5 Å². The minimum atomic E-state index is -0.618. The lowest BCUT2D eigenvalue weighted by atomic mass is 9.95. The Balaban J connectivity index is 2.56. The highest BCUT2D eigenvalue weighted by Gasteiger charge is 2.18. The van der Waals surface area contributed by atoms with Gasteiger partial charge in [-0.3, -0.25) is 4.99 Å². The van der Waals surface area contributed by atoms with E-state index < -0.39 is 11.6 Å². The molecule has 0 saturated carbocycles. The van der Waals surface area contributed by atoms with Crippen LogP contribution >= 0.6 is 0 Å². The molecule has 0 bridgehead atoms. The summed E-state index contributed by atoms with van der Waals surface area (Å²) in [5, 5.41) is 6.70. The van der Waals surface area contributed by atoms with E-state index in [1.165, 1.54) is 12.1 Å². The van der Waals surface area contributed by atoms with Crippen LogP contribution in [-0.2, 0) is 6.42 Å². The van der Waals surface area contributed by atoms with Crippen molar-refractivity contribution in [3.05, 3.63) is 89.1 Å². The number of nitrogens with one attached hydrogen (secondary N) is 1. The largest absolute Gasteiger partial charge is 0.382 e. The van der Waals surface area contributed by atoms with Gasteiger partial charge in [0, 0.05) is 23.4 Å². The van der Waals surface area contributed by atoms with Gasteiger partial charge < -0.3 is 16.9 Å². The smallest absolute Gasteiger partial charge is 0.150 e. The lowest BCUT2D eigenvalue weighted by Gasteiger charge is -2.20. The normalized spacial score (nSPS) is 14.0. The number of nitrogens with zero attached hydrogens (tertiary/aromatic N) is 2. The fourth-order valence-corrected chi connectivity index (χ4v) is 3.08. The third kappa shape index (κ3) is 5.58. The van der Waals surface area contributed by atoms with Crippen molar-refractivity contribution in [2.45, 2.75) is 19.4 Å². The van der Waals surface area contributed by atoms with Gasteiger partial charge in [-0.1, -0.05) is 30.9 Å². The molecule has 2 rings (SSSR count). The van der Waals surface area contributed by atoms with Gasteiger partial charge in [0.2, 0.25) is 0 Å². The van der Waals surface area contributed by atoms with Gasteiger partial charge in [-0.2, -0.15) is 5.10 Å². The summed E-state index contributed by atoms with van der Waals surface area (Å²) in [6.07, 6.45) is 3.68. The van der Waals surface area contributed by atoms with Crippen LogP contribution in [0.5, 0.6) is 0 Å². The van der Waals surface area contributed by atoms with Crippen molar-refractivity contribution in [1.29, 1.82) is 0 Å². The molecule has 5 nitrogen and oxygen atoms in total. The first-order chi connectivity index (χ1) is 13.9. The Morgan fingerprint density at radius 1 is 1.17 bits per heavy atom. The van der Waals surface area contributed by atoms with Gasteiger partial charge in [-0.15, -0.1) is 0 Å². The quantitative estimate of drug-likeness (QED) is 0.210. The van der Waals surface area contributed by atoms with E-state index in [1.54, 1.807) is 32.3 Å². The second-order valence-corrected chi connectivity index (χ2v) is 6.31. The maximum atomic E-state index is 13.6. The van der Waals surface area contributed by atoms with Crippen molar-refractivity contribution < 1.29 is 8.78 Å². The molecule has 0 fully saturated rings. The van der Waals surface area contributed by atoms with Crippen LogP contribution in [-0.4, -0.2) is 25.1 Å². The summed E-state index contributed by atoms with van der Waals surface area (Å²) >= 11 is 0. The highest BCUT2D eigenvalue weighted by molar-refractivity contribution is 5.98. The number of hydrogen-bond acceptors (Lipinski definition) is 4. The molecule has 0 spiro atoms. The van der Waals surface area contributed by atoms with Gasteiger partial charge in [0.25, 0.3) is 0 Å². The number of hydrazone groups is 1. The van der Waals surface area contributed by atoms with Crippen LogP contribution in [0.25, 0.3) is 5.57 Å². The number of halogens is 2. The van der Waals surface area contributed by atoms with Gasteiger partial charge >= 0.3 is 0 Å². The Hall–Kier alpha value is -3.32. The summed E-state index contributed by atoms with van der Waals surface area (Å²) in [6, 6.07) is 10.5. The van der Waals surface area contributed by atoms with Crippen molar-refractivity contribution in [3.63, 3.8) is 0 Å². The summed E-state index contributed by atoms with van der Waals surface area (Å²) in [5.41, 5.74) is 9.25. The molecule has 0 aromatic heterocycles. The van der Waals surface area contributed by atoms with Crippen LogP contribution in [0.4, 0.5) is 8.78 Å². The summed E-state index contributed by atoms with van der Waals surface area (Å²) in [7, 11) is 1.77. The summed E-state index contributed by atoms with van der Waals surface area (Å²) < 4.78 is 27.2. The van der Waals surface area contributed by atoms with Crippen LogP contribution in [0.2, 0.25) is 0 Å². The van der Waals surface area contributed by atoms with Gasteiger partial charge in [0.05, 0.1) is 11.7 Å². The predicted octanol–water partition coefficient (Wildman–Crippen LogP) is 3.36. The lowest BCUT2D eigenvalue weighted by Crippen LogP contribution is -2.30. The van der Waals surface area contributed by atoms with Crippen LogP contribution in [0.1, 0.15) is 23.6 Å². The van der Waals surface area contributed by atoms with Crippen molar-refractivity contribution in [2.24, 2.45) is 21.7 Å². The van der Waals surface area contributed by atoms with Crippen LogP contribution in [0.3, 0.4) is 0 Å². The molecule has 1 atom stereocenters. The van der Waals surface area contributed by atoms with Gasteiger partial charge in [-0.25, -0.2) is 8.78 Å². The zero-order valence-corrected chi connectivity index (χ0v) is 16.5. The predicted molar refractivity (Wildman–Crippen MR) is 116 cm³/mol. The van der Waals surface area contributed by atoms with E-state index >= 15 is 0 Å². The molecule has 0 heterocycles. The molecule has 2 aromatic rings. The van der Waals surface area contributed by atoms with E-state index in [0.717, 1.165) is 17.2 Å². The lowest BCUT2D eigenvalue weighted by molar-refractivity contribution is 0.571. The van der Waals surface area contributed by atoms with E-state index in [9.17, 15) is 8.78 Å². The maximum absolute atomic E-state index is 13.6. The number of likely N-dealkylation sites (N-methyl/N-ethyl adjacent to an activating group) is 1. The Morgan fingerprint density at radius 2 is 1.83 bits per heavy atom. The zero-order valence-electron chi connectivity index (χ0n) is 16.5.